The van der Waals surface area contributed by atoms with Crippen LogP contribution in [-0.4, -0.2) is 52.2 Å². The molecule has 2 aromatic heterocycles. The fourth-order valence-corrected chi connectivity index (χ4v) is 6.92. The first-order valence-corrected chi connectivity index (χ1v) is 17.4. The summed E-state index contributed by atoms with van der Waals surface area (Å²) in [7, 11) is -0.395. The van der Waals surface area contributed by atoms with Crippen LogP contribution in [0.5, 0.6) is 11.5 Å². The van der Waals surface area contributed by atoms with Gasteiger partial charge in [-0.2, -0.15) is 13.2 Å². The number of benzene rings is 3. The van der Waals surface area contributed by atoms with E-state index in [2.05, 4.69) is 9.97 Å². The number of sulfonamides is 1. The first-order valence-electron chi connectivity index (χ1n) is 15.6. The Morgan fingerprint density at radius 2 is 1.42 bits per heavy atom. The molecule has 0 radical (unpaired) electrons. The molecule has 2 heterocycles. The lowest BCUT2D eigenvalue weighted by Gasteiger charge is -2.26. The van der Waals surface area contributed by atoms with Crippen LogP contribution < -0.4 is 18.7 Å². The number of ketones is 1. The number of nitrogens with zero attached hydrogens (tertiary/aromatic N) is 4. The van der Waals surface area contributed by atoms with E-state index in [1.165, 1.54) is 38.6 Å². The van der Waals surface area contributed by atoms with Crippen molar-refractivity contribution >= 4 is 38.9 Å². The monoisotopic (exact) mass is 754 g/mol. The van der Waals surface area contributed by atoms with Gasteiger partial charge < -0.3 is 19.1 Å². The SMILES string of the molecule is COCN(c1cc(Cl)cnc1C(=O)c1ccnc(N(Cc2ccc(OC)cc2)Cc2ccc(OC)cc2)c1)S(=O)(=O)c1ccc(C)c(C(F)(F)F)c1. The lowest BCUT2D eigenvalue weighted by Crippen LogP contribution is -2.34. The molecule has 0 amide bonds. The van der Waals surface area contributed by atoms with E-state index in [0.717, 1.165) is 23.3 Å². The summed E-state index contributed by atoms with van der Waals surface area (Å²) < 4.78 is 85.7. The first-order chi connectivity index (χ1) is 24.7. The Labute approximate surface area is 304 Å². The van der Waals surface area contributed by atoms with E-state index in [0.29, 0.717) is 40.8 Å². The minimum Gasteiger partial charge on any atom is -0.497 e. The molecule has 0 unspecified atom stereocenters. The van der Waals surface area contributed by atoms with E-state index in [-0.39, 0.29) is 27.5 Å². The lowest BCUT2D eigenvalue weighted by molar-refractivity contribution is -0.138. The van der Waals surface area contributed by atoms with Crippen molar-refractivity contribution in [1.82, 2.24) is 9.97 Å². The van der Waals surface area contributed by atoms with Gasteiger partial charge in [0.25, 0.3) is 10.0 Å². The molecule has 0 saturated carbocycles. The summed E-state index contributed by atoms with van der Waals surface area (Å²) in [6.07, 6.45) is -2.19. The number of aromatic nitrogens is 2. The van der Waals surface area contributed by atoms with Crippen LogP contribution >= 0.6 is 11.6 Å². The van der Waals surface area contributed by atoms with Crippen molar-refractivity contribution in [3.05, 3.63) is 136 Å². The Morgan fingerprint density at radius 3 is 1.96 bits per heavy atom. The third-order valence-corrected chi connectivity index (χ3v) is 10.0. The number of carbonyl (C=O) groups excluding carboxylic acids is 1. The van der Waals surface area contributed by atoms with Gasteiger partial charge in [0.05, 0.1) is 35.4 Å². The van der Waals surface area contributed by atoms with Crippen molar-refractivity contribution in [1.29, 1.82) is 0 Å². The maximum atomic E-state index is 14.2. The predicted molar refractivity (Wildman–Crippen MR) is 191 cm³/mol. The van der Waals surface area contributed by atoms with Crippen molar-refractivity contribution in [2.24, 2.45) is 0 Å². The highest BCUT2D eigenvalue weighted by atomic mass is 35.5. The first kappa shape index (κ1) is 38.1. The average Bonchev–Trinajstić information content (AvgIpc) is 3.13. The molecule has 5 aromatic rings. The number of alkyl halides is 3. The molecule has 3 aromatic carbocycles. The number of rotatable bonds is 14. The average molecular weight is 755 g/mol. The summed E-state index contributed by atoms with van der Waals surface area (Å²) in [5, 5.41) is -0.0247. The standard InChI is InChI=1S/C37H34ClF3N4O6S/c1-24-5-14-31(19-32(24)37(39,40)41)52(47,48)45(23-49-2)33-18-28(38)20-43-35(33)36(46)27-15-16-42-34(17-27)44(21-25-6-10-29(50-3)11-7-25)22-26-8-12-30(51-4)13-9-26/h5-20H,21-23H2,1-4H3. The minimum atomic E-state index is -4.81. The van der Waals surface area contributed by atoms with Gasteiger partial charge in [-0.05, 0) is 78.2 Å². The molecule has 0 N–H and O–H groups in total. The maximum absolute atomic E-state index is 14.2. The third-order valence-electron chi connectivity index (χ3n) is 8.06. The van der Waals surface area contributed by atoms with Gasteiger partial charge in [-0.25, -0.2) is 22.7 Å². The molecule has 272 valence electrons. The Bertz CT molecular complexity index is 2100. The molecule has 0 aliphatic heterocycles. The van der Waals surface area contributed by atoms with Gasteiger partial charge in [-0.15, -0.1) is 0 Å². The summed E-state index contributed by atoms with van der Waals surface area (Å²) in [6, 6.07) is 21.9. The van der Waals surface area contributed by atoms with Crippen LogP contribution in [-0.2, 0) is 34.0 Å². The second-order valence-electron chi connectivity index (χ2n) is 11.6. The van der Waals surface area contributed by atoms with Crippen molar-refractivity contribution in [3.8, 4) is 11.5 Å². The van der Waals surface area contributed by atoms with E-state index in [1.807, 2.05) is 53.4 Å². The molecule has 0 aliphatic carbocycles. The van der Waals surface area contributed by atoms with Crippen LogP contribution in [0.1, 0.15) is 38.3 Å². The summed E-state index contributed by atoms with van der Waals surface area (Å²) in [5.74, 6) is 1.11. The topological polar surface area (TPSA) is 111 Å². The van der Waals surface area contributed by atoms with Gasteiger partial charge in [-0.3, -0.25) is 4.79 Å². The molecular weight excluding hydrogens is 721 g/mol. The van der Waals surface area contributed by atoms with Crippen LogP contribution in [0.2, 0.25) is 5.02 Å². The van der Waals surface area contributed by atoms with E-state index in [9.17, 15) is 26.4 Å². The number of aryl methyl sites for hydroxylation is 1. The molecule has 52 heavy (non-hydrogen) atoms. The molecule has 0 bridgehead atoms. The van der Waals surface area contributed by atoms with Crippen LogP contribution in [0, 0.1) is 6.92 Å². The molecule has 0 atom stereocenters. The van der Waals surface area contributed by atoms with E-state index < -0.39 is 39.2 Å². The van der Waals surface area contributed by atoms with Crippen molar-refractivity contribution in [2.75, 3.05) is 37.3 Å². The van der Waals surface area contributed by atoms with E-state index in [1.54, 1.807) is 20.3 Å². The van der Waals surface area contributed by atoms with E-state index in [4.69, 9.17) is 25.8 Å². The van der Waals surface area contributed by atoms with Crippen molar-refractivity contribution in [2.45, 2.75) is 31.1 Å². The van der Waals surface area contributed by atoms with Gasteiger partial charge in [0, 0.05) is 38.2 Å². The van der Waals surface area contributed by atoms with Crippen LogP contribution in [0.15, 0.2) is 102 Å². The molecular formula is C37H34ClF3N4O6S. The number of hydrogen-bond donors (Lipinski definition) is 0. The quantitative estimate of drug-likeness (QED) is 0.0832. The number of ether oxygens (including phenoxy) is 3. The summed E-state index contributed by atoms with van der Waals surface area (Å²) in [6.45, 7) is 1.34. The Hall–Kier alpha value is -5.18. The second kappa shape index (κ2) is 16.0. The minimum absolute atomic E-state index is 0.0247. The van der Waals surface area contributed by atoms with E-state index >= 15 is 0 Å². The zero-order valence-corrected chi connectivity index (χ0v) is 30.1. The highest BCUT2D eigenvalue weighted by Crippen LogP contribution is 2.36. The molecule has 10 nitrogen and oxygen atoms in total. The van der Waals surface area contributed by atoms with Gasteiger partial charge in [0.2, 0.25) is 5.78 Å². The number of pyridine rings is 2. The van der Waals surface area contributed by atoms with Crippen molar-refractivity contribution in [3.63, 3.8) is 0 Å². The van der Waals surface area contributed by atoms with Gasteiger partial charge in [-0.1, -0.05) is 41.9 Å². The Morgan fingerprint density at radius 1 is 0.827 bits per heavy atom. The van der Waals surface area contributed by atoms with Crippen molar-refractivity contribution < 1.29 is 40.6 Å². The largest absolute Gasteiger partial charge is 0.497 e. The number of carbonyl (C=O) groups is 1. The fraction of sp³-hybridized carbons (Fsp3) is 0.216. The summed E-state index contributed by atoms with van der Waals surface area (Å²) >= 11 is 6.26. The molecule has 5 rings (SSSR count). The second-order valence-corrected chi connectivity index (χ2v) is 13.8. The van der Waals surface area contributed by atoms with Crippen LogP contribution in [0.4, 0.5) is 24.7 Å². The number of hydrogen-bond acceptors (Lipinski definition) is 9. The van der Waals surface area contributed by atoms with Gasteiger partial charge >= 0.3 is 6.18 Å². The summed E-state index contributed by atoms with van der Waals surface area (Å²) in [5.41, 5.74) is 0.0675. The fourth-order valence-electron chi connectivity index (χ4n) is 5.36. The number of methoxy groups -OCH3 is 3. The highest BCUT2D eigenvalue weighted by molar-refractivity contribution is 7.92. The Kier molecular flexibility index (Phi) is 11.7. The smallest absolute Gasteiger partial charge is 0.416 e. The van der Waals surface area contributed by atoms with Crippen LogP contribution in [0.25, 0.3) is 0 Å². The normalized spacial score (nSPS) is 11.6. The molecule has 15 heteroatoms. The zero-order chi connectivity index (χ0) is 37.6. The predicted octanol–water partition coefficient (Wildman–Crippen LogP) is 7.71. The Balaban J connectivity index is 1.55. The molecule has 0 saturated heterocycles. The molecule has 0 fully saturated rings. The maximum Gasteiger partial charge on any atom is 0.416 e. The number of halogens is 4. The molecule has 0 aliphatic rings. The van der Waals surface area contributed by atoms with Crippen LogP contribution in [0.3, 0.4) is 0 Å². The third kappa shape index (κ3) is 8.64. The van der Waals surface area contributed by atoms with Gasteiger partial charge in [0.15, 0.2) is 0 Å². The zero-order valence-electron chi connectivity index (χ0n) is 28.5. The van der Waals surface area contributed by atoms with Gasteiger partial charge in [0.1, 0.15) is 29.7 Å². The highest BCUT2D eigenvalue weighted by Gasteiger charge is 2.36. The lowest BCUT2D eigenvalue weighted by atomic mass is 10.1. The number of anilines is 2. The molecule has 0 spiro atoms. The summed E-state index contributed by atoms with van der Waals surface area (Å²) in [4.78, 5) is 24.3.